The van der Waals surface area contributed by atoms with E-state index in [0.717, 1.165) is 5.57 Å². The molecule has 0 aromatic carbocycles. The van der Waals surface area contributed by atoms with Crippen LogP contribution in [0.3, 0.4) is 0 Å². The maximum Gasteiger partial charge on any atom is 0.311 e. The van der Waals surface area contributed by atoms with Crippen LogP contribution < -0.4 is 0 Å². The lowest BCUT2D eigenvalue weighted by Gasteiger charge is -2.31. The van der Waals surface area contributed by atoms with Crippen molar-refractivity contribution in [2.45, 2.75) is 52.6 Å². The van der Waals surface area contributed by atoms with Gasteiger partial charge in [-0.25, -0.2) is 0 Å². The van der Waals surface area contributed by atoms with Crippen LogP contribution in [0.5, 0.6) is 0 Å². The second kappa shape index (κ2) is 6.98. The first-order valence-electron chi connectivity index (χ1n) is 7.76. The highest BCUT2D eigenvalue weighted by atomic mass is 16.6. The van der Waals surface area contributed by atoms with Gasteiger partial charge in [-0.2, -0.15) is 0 Å². The Bertz CT molecular complexity index is 596. The predicted octanol–water partition coefficient (Wildman–Crippen LogP) is 2.43. The number of carbonyl (C=O) groups is 3. The molecule has 2 aliphatic rings. The first-order valence-corrected chi connectivity index (χ1v) is 7.76. The summed E-state index contributed by atoms with van der Waals surface area (Å²) < 4.78 is 16.1. The van der Waals surface area contributed by atoms with Crippen LogP contribution in [0.25, 0.3) is 0 Å². The first kappa shape index (κ1) is 17.2. The fraction of sp³-hybridized carbons (Fsp3) is 0.588. The average Bonchev–Trinajstić information content (AvgIpc) is 2.50. The molecule has 0 bridgehead atoms. The first-order chi connectivity index (χ1) is 10.8. The number of methoxy groups -OCH3 is 1. The molecule has 0 amide bonds. The molecule has 6 heteroatoms. The van der Waals surface area contributed by atoms with Crippen LogP contribution >= 0.6 is 0 Å². The normalized spacial score (nSPS) is 19.3. The molecule has 1 heterocycles. The van der Waals surface area contributed by atoms with Gasteiger partial charge in [-0.15, -0.1) is 0 Å². The molecule has 0 aromatic heterocycles. The summed E-state index contributed by atoms with van der Waals surface area (Å²) >= 11 is 0. The second-order valence-corrected chi connectivity index (χ2v) is 5.99. The van der Waals surface area contributed by atoms with E-state index < -0.39 is 12.1 Å². The molecule has 2 rings (SSSR count). The maximum absolute atomic E-state index is 12.6. The quantitative estimate of drug-likeness (QED) is 0.723. The molecule has 1 aliphatic carbocycles. The van der Waals surface area contributed by atoms with Crippen LogP contribution in [0, 0.1) is 5.92 Å². The zero-order chi connectivity index (χ0) is 17.1. The molecular formula is C17H22O6. The molecule has 0 spiro atoms. The van der Waals surface area contributed by atoms with Crippen molar-refractivity contribution >= 4 is 17.7 Å². The topological polar surface area (TPSA) is 78.9 Å². The second-order valence-electron chi connectivity index (χ2n) is 5.99. The van der Waals surface area contributed by atoms with Crippen LogP contribution in [0.2, 0.25) is 0 Å². The van der Waals surface area contributed by atoms with Crippen LogP contribution in [-0.2, 0) is 28.6 Å². The van der Waals surface area contributed by atoms with Crippen molar-refractivity contribution in [3.63, 3.8) is 0 Å². The highest BCUT2D eigenvalue weighted by Crippen LogP contribution is 2.39. The summed E-state index contributed by atoms with van der Waals surface area (Å²) in [6.07, 6.45) is 1.10. The Morgan fingerprint density at radius 3 is 2.35 bits per heavy atom. The molecule has 0 saturated carbocycles. The van der Waals surface area contributed by atoms with Gasteiger partial charge < -0.3 is 14.2 Å². The van der Waals surface area contributed by atoms with E-state index in [0.29, 0.717) is 42.8 Å². The lowest BCUT2D eigenvalue weighted by molar-refractivity contribution is -0.152. The minimum Gasteiger partial charge on any atom is -0.501 e. The van der Waals surface area contributed by atoms with Crippen molar-refractivity contribution in [3.05, 3.63) is 22.7 Å². The number of hydrogen-bond donors (Lipinski definition) is 0. The highest BCUT2D eigenvalue weighted by molar-refractivity contribution is 5.91. The Hall–Kier alpha value is -2.11. The fourth-order valence-corrected chi connectivity index (χ4v) is 2.82. The van der Waals surface area contributed by atoms with Crippen molar-refractivity contribution in [2.75, 3.05) is 7.11 Å². The van der Waals surface area contributed by atoms with Gasteiger partial charge in [-0.05, 0) is 18.4 Å². The van der Waals surface area contributed by atoms with E-state index >= 15 is 0 Å². The summed E-state index contributed by atoms with van der Waals surface area (Å²) in [5.41, 5.74) is 1.35. The molecule has 0 saturated heterocycles. The van der Waals surface area contributed by atoms with Gasteiger partial charge in [0.1, 0.15) is 11.5 Å². The highest BCUT2D eigenvalue weighted by Gasteiger charge is 2.39. The number of allylic oxidation sites excluding steroid dienone is 2. The summed E-state index contributed by atoms with van der Waals surface area (Å²) in [4.78, 5) is 35.7. The van der Waals surface area contributed by atoms with Gasteiger partial charge in [-0.3, -0.25) is 14.4 Å². The van der Waals surface area contributed by atoms with E-state index in [1.807, 2.05) is 0 Å². The number of Topliss-reactive ketones (excluding diaryl/α,β-unsaturated/α-hetero) is 1. The maximum atomic E-state index is 12.6. The largest absolute Gasteiger partial charge is 0.501 e. The third kappa shape index (κ3) is 3.63. The average molecular weight is 322 g/mol. The Balaban J connectivity index is 2.52. The number of carbonyl (C=O) groups excluding carboxylic acids is 3. The standard InChI is InChI=1S/C17H22O6/c1-9(2)15(20)17(22-10(3)18)14-12(21-4)7-5-11-6-8-13(19)23-16(11)14/h9,17H,5-8H2,1-4H3. The van der Waals surface area contributed by atoms with Gasteiger partial charge in [-0.1, -0.05) is 13.8 Å². The Morgan fingerprint density at radius 1 is 1.13 bits per heavy atom. The molecular weight excluding hydrogens is 300 g/mol. The number of rotatable bonds is 5. The Morgan fingerprint density at radius 2 is 1.78 bits per heavy atom. The Kier molecular flexibility index (Phi) is 5.23. The third-order valence-electron chi connectivity index (χ3n) is 3.99. The van der Waals surface area contributed by atoms with E-state index in [4.69, 9.17) is 14.2 Å². The molecule has 6 nitrogen and oxygen atoms in total. The summed E-state index contributed by atoms with van der Waals surface area (Å²) in [5, 5.41) is 0. The lowest BCUT2D eigenvalue weighted by Crippen LogP contribution is -2.36. The minimum atomic E-state index is -1.11. The molecule has 0 radical (unpaired) electrons. The van der Waals surface area contributed by atoms with Gasteiger partial charge in [0.05, 0.1) is 12.7 Å². The molecule has 23 heavy (non-hydrogen) atoms. The van der Waals surface area contributed by atoms with Gasteiger partial charge in [0, 0.05) is 25.7 Å². The predicted molar refractivity (Wildman–Crippen MR) is 81.0 cm³/mol. The van der Waals surface area contributed by atoms with Crippen molar-refractivity contribution in [3.8, 4) is 0 Å². The number of esters is 2. The fourth-order valence-electron chi connectivity index (χ4n) is 2.82. The van der Waals surface area contributed by atoms with Gasteiger partial charge >= 0.3 is 11.9 Å². The van der Waals surface area contributed by atoms with Crippen molar-refractivity contribution < 1.29 is 28.6 Å². The van der Waals surface area contributed by atoms with Gasteiger partial charge in [0.2, 0.25) is 0 Å². The summed E-state index contributed by atoms with van der Waals surface area (Å²) in [6, 6.07) is 0. The molecule has 1 aliphatic heterocycles. The number of hydrogen-bond acceptors (Lipinski definition) is 6. The van der Waals surface area contributed by atoms with E-state index in [9.17, 15) is 14.4 Å². The SMILES string of the molecule is COC1=C(C(OC(C)=O)C(=O)C(C)C)C2=C(CCC(=O)O2)CC1. The van der Waals surface area contributed by atoms with E-state index in [1.165, 1.54) is 14.0 Å². The summed E-state index contributed by atoms with van der Waals surface area (Å²) in [5.74, 6) is -0.627. The van der Waals surface area contributed by atoms with E-state index in [2.05, 4.69) is 0 Å². The molecule has 126 valence electrons. The minimum absolute atomic E-state index is 0.250. The van der Waals surface area contributed by atoms with Crippen molar-refractivity contribution in [2.24, 2.45) is 5.92 Å². The molecule has 0 N–H and O–H groups in total. The molecule has 1 atom stereocenters. The smallest absolute Gasteiger partial charge is 0.311 e. The zero-order valence-corrected chi connectivity index (χ0v) is 13.9. The lowest BCUT2D eigenvalue weighted by atomic mass is 9.85. The van der Waals surface area contributed by atoms with Crippen LogP contribution in [0.15, 0.2) is 22.7 Å². The van der Waals surface area contributed by atoms with Crippen LogP contribution in [-0.4, -0.2) is 30.9 Å². The molecule has 0 aromatic rings. The number of ether oxygens (including phenoxy) is 3. The van der Waals surface area contributed by atoms with Gasteiger partial charge in [0.15, 0.2) is 11.9 Å². The summed E-state index contributed by atoms with van der Waals surface area (Å²) in [6.45, 7) is 4.71. The number of ketones is 1. The summed E-state index contributed by atoms with van der Waals surface area (Å²) in [7, 11) is 1.50. The van der Waals surface area contributed by atoms with Crippen LogP contribution in [0.1, 0.15) is 46.5 Å². The van der Waals surface area contributed by atoms with Gasteiger partial charge in [0.25, 0.3) is 0 Å². The zero-order valence-electron chi connectivity index (χ0n) is 13.9. The van der Waals surface area contributed by atoms with E-state index in [1.54, 1.807) is 13.8 Å². The van der Waals surface area contributed by atoms with E-state index in [-0.39, 0.29) is 17.7 Å². The molecule has 1 unspecified atom stereocenters. The third-order valence-corrected chi connectivity index (χ3v) is 3.99. The van der Waals surface area contributed by atoms with Crippen molar-refractivity contribution in [1.29, 1.82) is 0 Å². The monoisotopic (exact) mass is 322 g/mol. The van der Waals surface area contributed by atoms with Crippen molar-refractivity contribution in [1.82, 2.24) is 0 Å². The molecule has 0 fully saturated rings. The van der Waals surface area contributed by atoms with Crippen LogP contribution in [0.4, 0.5) is 0 Å². The Labute approximate surface area is 135 Å².